The molecule has 3 aliphatic heterocycles. The Morgan fingerprint density at radius 1 is 1.17 bits per heavy atom. The molecule has 2 saturated heterocycles. The van der Waals surface area contributed by atoms with Crippen molar-refractivity contribution in [3.8, 4) is 0 Å². The van der Waals surface area contributed by atoms with Crippen LogP contribution in [0.1, 0.15) is 27.9 Å². The zero-order chi connectivity index (χ0) is 20.9. The minimum absolute atomic E-state index is 0.276. The second kappa shape index (κ2) is 7.04. The maximum absolute atomic E-state index is 13.1. The molecular weight excluding hydrogens is 402 g/mol. The topological polar surface area (TPSA) is 81.7 Å². The maximum atomic E-state index is 13.1. The van der Waals surface area contributed by atoms with Crippen LogP contribution in [0, 0.1) is 6.92 Å². The summed E-state index contributed by atoms with van der Waals surface area (Å²) >= 11 is 0. The van der Waals surface area contributed by atoms with Crippen molar-refractivity contribution in [2.24, 2.45) is 0 Å². The number of fused-ring (bicyclic) bond motifs is 1. The van der Waals surface area contributed by atoms with Gasteiger partial charge in [-0.25, -0.2) is 17.9 Å². The number of benzene rings is 2. The Labute approximate surface area is 175 Å². The van der Waals surface area contributed by atoms with Crippen LogP contribution in [0.4, 0.5) is 0 Å². The molecule has 6 nitrogen and oxygen atoms in total. The smallest absolute Gasteiger partial charge is 0.338 e. The first-order chi connectivity index (χ1) is 14.4. The van der Waals surface area contributed by atoms with Gasteiger partial charge in [-0.05, 0) is 43.0 Å². The van der Waals surface area contributed by atoms with Crippen LogP contribution in [0.2, 0.25) is 0 Å². The van der Waals surface area contributed by atoms with Gasteiger partial charge >= 0.3 is 5.97 Å². The first-order valence-electron chi connectivity index (χ1n) is 10.1. The Balaban J connectivity index is 1.54. The summed E-state index contributed by atoms with van der Waals surface area (Å²) < 4.78 is 41.0. The fraction of sp³-hybridized carbons (Fsp3) is 0.348. The molecule has 5 rings (SSSR count). The van der Waals surface area contributed by atoms with Crippen molar-refractivity contribution in [3.05, 3.63) is 83.4 Å². The van der Waals surface area contributed by atoms with Gasteiger partial charge in [0.05, 0.1) is 17.7 Å². The van der Waals surface area contributed by atoms with Gasteiger partial charge in [0.2, 0.25) is 10.0 Å². The number of hydrogen-bond acceptors (Lipinski definition) is 5. The van der Waals surface area contributed by atoms with E-state index in [4.69, 9.17) is 9.47 Å². The minimum Gasteiger partial charge on any atom is -0.454 e. The van der Waals surface area contributed by atoms with Gasteiger partial charge in [-0.3, -0.25) is 0 Å². The Morgan fingerprint density at radius 2 is 1.90 bits per heavy atom. The van der Waals surface area contributed by atoms with E-state index in [0.29, 0.717) is 18.4 Å². The number of carbonyl (C=O) groups is 1. The zero-order valence-electron chi connectivity index (χ0n) is 16.5. The lowest BCUT2D eigenvalue weighted by molar-refractivity contribution is -0.0867. The predicted molar refractivity (Wildman–Crippen MR) is 112 cm³/mol. The first kappa shape index (κ1) is 19.5. The maximum Gasteiger partial charge on any atom is 0.338 e. The van der Waals surface area contributed by atoms with E-state index < -0.39 is 39.0 Å². The molecule has 0 unspecified atom stereocenters. The number of aryl methyl sites for hydroxylation is 1. The summed E-state index contributed by atoms with van der Waals surface area (Å²) in [6.07, 6.45) is 3.37. The highest BCUT2D eigenvalue weighted by atomic mass is 32.2. The van der Waals surface area contributed by atoms with Crippen LogP contribution >= 0.6 is 0 Å². The first-order valence-corrected chi connectivity index (χ1v) is 11.6. The normalized spacial score (nSPS) is 33.2. The molecule has 3 heterocycles. The van der Waals surface area contributed by atoms with Crippen LogP contribution in [-0.4, -0.2) is 43.5 Å². The van der Waals surface area contributed by atoms with E-state index in [1.54, 1.807) is 18.2 Å². The van der Waals surface area contributed by atoms with Crippen LogP contribution in [-0.2, 0) is 25.9 Å². The summed E-state index contributed by atoms with van der Waals surface area (Å²) in [6, 6.07) is 16.1. The summed E-state index contributed by atoms with van der Waals surface area (Å²) in [5.74, 6) is -0.474. The van der Waals surface area contributed by atoms with Crippen LogP contribution in [0.3, 0.4) is 0 Å². The van der Waals surface area contributed by atoms with Crippen LogP contribution in [0.25, 0.3) is 0 Å². The van der Waals surface area contributed by atoms with Gasteiger partial charge in [0.25, 0.3) is 0 Å². The van der Waals surface area contributed by atoms with Crippen LogP contribution < -0.4 is 4.72 Å². The number of rotatable bonds is 4. The summed E-state index contributed by atoms with van der Waals surface area (Å²) in [4.78, 5) is 13.1. The molecule has 0 radical (unpaired) electrons. The number of nitrogens with one attached hydrogen (secondary N) is 1. The van der Waals surface area contributed by atoms with Crippen molar-refractivity contribution in [3.63, 3.8) is 0 Å². The third-order valence-corrected chi connectivity index (χ3v) is 8.22. The van der Waals surface area contributed by atoms with E-state index in [0.717, 1.165) is 11.1 Å². The van der Waals surface area contributed by atoms with E-state index >= 15 is 0 Å². The lowest BCUT2D eigenvalue weighted by atomic mass is 9.83. The standard InChI is InChI=1S/C23H23NO5S/c1-15-7-5-6-10-18(15)22(25)28-21-19(13-16-8-3-2-4-9-16)24-30(26,27)20-14-17-11-12-23(20,21)29-17/h2-12,17,19-21,24H,13-14H2,1H3/t17-,19+,20+,21+,23-/m1/s1. The van der Waals surface area contributed by atoms with Gasteiger partial charge in [0, 0.05) is 0 Å². The summed E-state index contributed by atoms with van der Waals surface area (Å²) in [5.41, 5.74) is 1.06. The number of carbonyl (C=O) groups excluding carboxylic acids is 1. The van der Waals surface area contributed by atoms with E-state index in [-0.39, 0.29) is 6.10 Å². The predicted octanol–water partition coefficient (Wildman–Crippen LogP) is 2.53. The van der Waals surface area contributed by atoms with Crippen molar-refractivity contribution < 1.29 is 22.7 Å². The number of esters is 1. The molecule has 2 aromatic carbocycles. The SMILES string of the molecule is Cc1ccccc1C(=O)O[C@H]1[C@H](Cc2ccccc2)NS(=O)(=O)[C@H]2C[C@H]3C=C[C@]12O3. The molecule has 1 spiro atoms. The average molecular weight is 426 g/mol. The van der Waals surface area contributed by atoms with Gasteiger partial charge in [-0.1, -0.05) is 54.6 Å². The van der Waals surface area contributed by atoms with Crippen molar-refractivity contribution in [1.82, 2.24) is 4.72 Å². The summed E-state index contributed by atoms with van der Waals surface area (Å²) in [6.45, 7) is 1.85. The van der Waals surface area contributed by atoms with Crippen molar-refractivity contribution in [2.45, 2.75) is 48.9 Å². The fourth-order valence-corrected chi connectivity index (χ4v) is 6.85. The van der Waals surface area contributed by atoms with Crippen LogP contribution in [0.15, 0.2) is 66.7 Å². The third kappa shape index (κ3) is 3.09. The second-order valence-electron chi connectivity index (χ2n) is 8.19. The quantitative estimate of drug-likeness (QED) is 0.601. The van der Waals surface area contributed by atoms with Gasteiger partial charge in [-0.2, -0.15) is 0 Å². The molecular formula is C23H23NO5S. The molecule has 0 amide bonds. The van der Waals surface area contributed by atoms with Crippen molar-refractivity contribution in [2.75, 3.05) is 0 Å². The molecule has 0 saturated carbocycles. The highest BCUT2D eigenvalue weighted by Gasteiger charge is 2.66. The Bertz CT molecular complexity index is 1110. The molecule has 0 aliphatic carbocycles. The van der Waals surface area contributed by atoms with Crippen molar-refractivity contribution in [1.29, 1.82) is 0 Å². The molecule has 30 heavy (non-hydrogen) atoms. The molecule has 7 heteroatoms. The third-order valence-electron chi connectivity index (χ3n) is 6.27. The molecule has 1 N–H and O–H groups in total. The van der Waals surface area contributed by atoms with Gasteiger partial charge in [0.1, 0.15) is 10.9 Å². The Kier molecular flexibility index (Phi) is 4.57. The lowest BCUT2D eigenvalue weighted by Crippen LogP contribution is -2.68. The highest BCUT2D eigenvalue weighted by molar-refractivity contribution is 7.90. The Hall–Kier alpha value is -2.48. The van der Waals surface area contributed by atoms with E-state index in [2.05, 4.69) is 4.72 Å². The molecule has 3 aliphatic rings. The van der Waals surface area contributed by atoms with Crippen molar-refractivity contribution >= 4 is 16.0 Å². The zero-order valence-corrected chi connectivity index (χ0v) is 17.3. The van der Waals surface area contributed by atoms with E-state index in [1.807, 2.05) is 55.5 Å². The highest BCUT2D eigenvalue weighted by Crippen LogP contribution is 2.48. The lowest BCUT2D eigenvalue weighted by Gasteiger charge is -2.45. The van der Waals surface area contributed by atoms with Gasteiger partial charge < -0.3 is 9.47 Å². The molecule has 156 valence electrons. The second-order valence-corrected chi connectivity index (χ2v) is 10.1. The van der Waals surface area contributed by atoms with E-state index in [1.165, 1.54) is 0 Å². The van der Waals surface area contributed by atoms with Gasteiger partial charge in [-0.15, -0.1) is 0 Å². The number of sulfonamides is 1. The number of ether oxygens (including phenoxy) is 2. The fourth-order valence-electron chi connectivity index (χ4n) is 4.86. The Morgan fingerprint density at radius 3 is 2.63 bits per heavy atom. The number of hydrogen-bond donors (Lipinski definition) is 1. The van der Waals surface area contributed by atoms with E-state index in [9.17, 15) is 13.2 Å². The largest absolute Gasteiger partial charge is 0.454 e. The molecule has 2 bridgehead atoms. The summed E-state index contributed by atoms with van der Waals surface area (Å²) in [5, 5.41) is -0.776. The molecule has 0 aromatic heterocycles. The molecule has 5 atom stereocenters. The average Bonchev–Trinajstić information content (AvgIpc) is 3.32. The van der Waals surface area contributed by atoms with Crippen LogP contribution in [0.5, 0.6) is 0 Å². The minimum atomic E-state index is -3.63. The monoisotopic (exact) mass is 425 g/mol. The molecule has 2 aromatic rings. The summed E-state index contributed by atoms with van der Waals surface area (Å²) in [7, 11) is -3.63. The van der Waals surface area contributed by atoms with Gasteiger partial charge in [0.15, 0.2) is 6.10 Å². The molecule has 2 fully saturated rings.